The quantitative estimate of drug-likeness (QED) is 0.0958. The number of benzene rings is 3. The topological polar surface area (TPSA) is 127 Å². The highest BCUT2D eigenvalue weighted by molar-refractivity contribution is 6.76. The zero-order valence-corrected chi connectivity index (χ0v) is 29.6. The third-order valence-corrected chi connectivity index (χ3v) is 10.5. The Morgan fingerprint density at radius 3 is 2.20 bits per heavy atom. The number of esters is 2. The predicted molar refractivity (Wildman–Crippen MR) is 189 cm³/mol. The molecule has 1 aromatic heterocycles. The average Bonchev–Trinajstić information content (AvgIpc) is 3.46. The van der Waals surface area contributed by atoms with E-state index >= 15 is 0 Å². The molecule has 10 nitrogen and oxygen atoms in total. The lowest BCUT2D eigenvalue weighted by Crippen LogP contribution is -2.56. The lowest BCUT2D eigenvalue weighted by Gasteiger charge is -2.40. The molecule has 3 atom stereocenters. The van der Waals surface area contributed by atoms with E-state index in [0.29, 0.717) is 18.7 Å². The Balaban J connectivity index is 1.47. The molecule has 4 aromatic rings. The molecule has 0 fully saturated rings. The SMILES string of the molecule is COC(=O)C[C@@H]1c2[nH]c3ccccc3c2C[C@@H](C(=O)N[C@@H](CC(=O)OCC[Si](C)(C)C)Cc2ccccc2)N1C(=O)OCc1ccccc1. The van der Waals surface area contributed by atoms with Crippen LogP contribution >= 0.6 is 0 Å². The van der Waals surface area contributed by atoms with Gasteiger partial charge in [0, 0.05) is 37.1 Å². The molecule has 0 unspecified atom stereocenters. The first-order valence-electron chi connectivity index (χ1n) is 16.7. The van der Waals surface area contributed by atoms with Gasteiger partial charge in [-0.2, -0.15) is 0 Å². The van der Waals surface area contributed by atoms with Crippen molar-refractivity contribution in [2.75, 3.05) is 13.7 Å². The molecule has 5 rings (SSSR count). The van der Waals surface area contributed by atoms with E-state index in [4.69, 9.17) is 14.2 Å². The maximum atomic E-state index is 14.4. The van der Waals surface area contributed by atoms with Crippen molar-refractivity contribution in [3.63, 3.8) is 0 Å². The normalized spacial score (nSPS) is 16.4. The van der Waals surface area contributed by atoms with Crippen molar-refractivity contribution in [3.05, 3.63) is 107 Å². The van der Waals surface area contributed by atoms with Crippen molar-refractivity contribution in [3.8, 4) is 0 Å². The minimum atomic E-state index is -1.42. The molecule has 11 heteroatoms. The predicted octanol–water partition coefficient (Wildman–Crippen LogP) is 6.33. The molecule has 0 bridgehead atoms. The van der Waals surface area contributed by atoms with Crippen LogP contribution < -0.4 is 5.32 Å². The van der Waals surface area contributed by atoms with Crippen molar-refractivity contribution < 1.29 is 33.4 Å². The number of aromatic nitrogens is 1. The van der Waals surface area contributed by atoms with E-state index in [9.17, 15) is 19.2 Å². The second kappa shape index (κ2) is 16.0. The Morgan fingerprint density at radius 2 is 1.53 bits per heavy atom. The fourth-order valence-electron chi connectivity index (χ4n) is 6.18. The third-order valence-electron chi connectivity index (χ3n) is 8.75. The first-order chi connectivity index (χ1) is 23.5. The number of H-pyrrole nitrogens is 1. The summed E-state index contributed by atoms with van der Waals surface area (Å²) in [5.41, 5.74) is 4.03. The number of methoxy groups -OCH3 is 1. The van der Waals surface area contributed by atoms with E-state index in [2.05, 4.69) is 29.9 Å². The number of hydrogen-bond acceptors (Lipinski definition) is 7. The summed E-state index contributed by atoms with van der Waals surface area (Å²) in [6, 6.07) is 24.8. The summed E-state index contributed by atoms with van der Waals surface area (Å²) in [5.74, 6) is -1.40. The van der Waals surface area contributed by atoms with Crippen molar-refractivity contribution in [1.29, 1.82) is 0 Å². The number of rotatable bonds is 13. The molecule has 0 radical (unpaired) electrons. The molecule has 2 N–H and O–H groups in total. The van der Waals surface area contributed by atoms with E-state index in [0.717, 1.165) is 33.6 Å². The van der Waals surface area contributed by atoms with Gasteiger partial charge in [-0.3, -0.25) is 19.3 Å². The standard InChI is InChI=1S/C38H45N3O7Si/c1-46-34(42)24-32-36-30(29-17-11-12-18-31(29)40-36)23-33(41(32)38(45)48-25-27-15-9-6-10-16-27)37(44)39-28(21-26-13-7-5-8-14-26)22-35(43)47-19-20-49(2,3)4/h5-18,28,32-33,40H,19-25H2,1-4H3,(H,39,44)/t28-,32-,33+/m1/s1. The summed E-state index contributed by atoms with van der Waals surface area (Å²) in [4.78, 5) is 59.1. The monoisotopic (exact) mass is 683 g/mol. The summed E-state index contributed by atoms with van der Waals surface area (Å²) in [5, 5.41) is 3.98. The summed E-state index contributed by atoms with van der Waals surface area (Å²) in [7, 11) is -0.129. The second-order valence-corrected chi connectivity index (χ2v) is 19.3. The van der Waals surface area contributed by atoms with Gasteiger partial charge in [-0.1, -0.05) is 98.5 Å². The van der Waals surface area contributed by atoms with Gasteiger partial charge in [-0.15, -0.1) is 0 Å². The Morgan fingerprint density at radius 1 is 0.878 bits per heavy atom. The van der Waals surface area contributed by atoms with E-state index in [-0.39, 0.29) is 25.9 Å². The van der Waals surface area contributed by atoms with Crippen LogP contribution in [0.15, 0.2) is 84.9 Å². The van der Waals surface area contributed by atoms with Gasteiger partial charge in [0.15, 0.2) is 0 Å². The van der Waals surface area contributed by atoms with Crippen LogP contribution in [0.25, 0.3) is 10.9 Å². The average molecular weight is 684 g/mol. The zero-order valence-electron chi connectivity index (χ0n) is 28.6. The number of aromatic amines is 1. The van der Waals surface area contributed by atoms with Crippen LogP contribution in [0.5, 0.6) is 0 Å². The van der Waals surface area contributed by atoms with Gasteiger partial charge in [0.25, 0.3) is 0 Å². The number of hydrogen-bond donors (Lipinski definition) is 2. The molecule has 2 amide bonds. The summed E-state index contributed by atoms with van der Waals surface area (Å²) < 4.78 is 16.4. The number of carbonyl (C=O) groups excluding carboxylic acids is 4. The largest absolute Gasteiger partial charge is 0.469 e. The molecule has 0 saturated heterocycles. The highest BCUT2D eigenvalue weighted by Gasteiger charge is 2.45. The zero-order chi connectivity index (χ0) is 35.0. The van der Waals surface area contributed by atoms with Gasteiger partial charge in [0.1, 0.15) is 12.6 Å². The number of fused-ring (bicyclic) bond motifs is 3. The fraction of sp³-hybridized carbons (Fsp3) is 0.368. The minimum absolute atomic E-state index is 0.0189. The molecule has 0 aliphatic carbocycles. The lowest BCUT2D eigenvalue weighted by molar-refractivity contribution is -0.145. The lowest BCUT2D eigenvalue weighted by atomic mass is 9.89. The number of para-hydroxylation sites is 1. The molecule has 0 spiro atoms. The maximum Gasteiger partial charge on any atom is 0.411 e. The van der Waals surface area contributed by atoms with Gasteiger partial charge in [-0.25, -0.2) is 4.79 Å². The van der Waals surface area contributed by atoms with Crippen LogP contribution in [0.4, 0.5) is 4.79 Å². The molecule has 49 heavy (non-hydrogen) atoms. The molecular weight excluding hydrogens is 639 g/mol. The van der Waals surface area contributed by atoms with Crippen LogP contribution in [-0.4, -0.2) is 67.7 Å². The summed E-state index contributed by atoms with van der Waals surface area (Å²) in [6.45, 7) is 6.96. The number of amides is 2. The van der Waals surface area contributed by atoms with Gasteiger partial charge in [-0.05, 0) is 35.2 Å². The third kappa shape index (κ3) is 9.38. The van der Waals surface area contributed by atoms with E-state index in [1.165, 1.54) is 12.0 Å². The van der Waals surface area contributed by atoms with E-state index in [1.54, 1.807) is 0 Å². The number of nitrogens with zero attached hydrogens (tertiary/aromatic N) is 1. The molecule has 1 aliphatic heterocycles. The van der Waals surface area contributed by atoms with Gasteiger partial charge in [0.05, 0.1) is 32.6 Å². The Hall–Kier alpha value is -4.90. The number of nitrogens with one attached hydrogen (secondary N) is 2. The first kappa shape index (κ1) is 35.4. The fourth-order valence-corrected chi connectivity index (χ4v) is 6.90. The van der Waals surface area contributed by atoms with Crippen LogP contribution in [0.1, 0.15) is 41.3 Å². The Kier molecular flexibility index (Phi) is 11.6. The Labute approximate surface area is 288 Å². The van der Waals surface area contributed by atoms with Crippen LogP contribution in [0.2, 0.25) is 25.7 Å². The van der Waals surface area contributed by atoms with Crippen molar-refractivity contribution in [2.24, 2.45) is 0 Å². The molecular formula is C38H45N3O7Si. The summed E-state index contributed by atoms with van der Waals surface area (Å²) >= 11 is 0. The molecule has 3 aromatic carbocycles. The number of carbonyl (C=O) groups is 4. The van der Waals surface area contributed by atoms with Crippen molar-refractivity contribution in [1.82, 2.24) is 15.2 Å². The molecule has 0 saturated carbocycles. The van der Waals surface area contributed by atoms with Gasteiger partial charge < -0.3 is 24.5 Å². The van der Waals surface area contributed by atoms with Crippen LogP contribution in [-0.2, 0) is 48.0 Å². The summed E-state index contributed by atoms with van der Waals surface area (Å²) in [6.07, 6.45) is -0.432. The first-order valence-corrected chi connectivity index (χ1v) is 20.4. The molecule has 258 valence electrons. The van der Waals surface area contributed by atoms with E-state index < -0.39 is 50.1 Å². The Bertz CT molecular complexity index is 1750. The van der Waals surface area contributed by atoms with Crippen LogP contribution in [0, 0.1) is 0 Å². The smallest absolute Gasteiger partial charge is 0.411 e. The number of ether oxygens (including phenoxy) is 3. The highest BCUT2D eigenvalue weighted by Crippen LogP contribution is 2.40. The van der Waals surface area contributed by atoms with Gasteiger partial charge >= 0.3 is 18.0 Å². The van der Waals surface area contributed by atoms with Gasteiger partial charge in [0.2, 0.25) is 5.91 Å². The van der Waals surface area contributed by atoms with Crippen LogP contribution in [0.3, 0.4) is 0 Å². The van der Waals surface area contributed by atoms with Crippen molar-refractivity contribution >= 4 is 42.9 Å². The van der Waals surface area contributed by atoms with E-state index in [1.807, 2.05) is 84.9 Å². The molecule has 1 aliphatic rings. The molecule has 2 heterocycles. The maximum absolute atomic E-state index is 14.4. The van der Waals surface area contributed by atoms with Crippen molar-refractivity contribution in [2.45, 2.75) is 76.1 Å². The minimum Gasteiger partial charge on any atom is -0.469 e. The second-order valence-electron chi connectivity index (χ2n) is 13.7. The highest BCUT2D eigenvalue weighted by atomic mass is 28.3.